The molecule has 1 aliphatic rings. The molecule has 96 valence electrons. The minimum absolute atomic E-state index is 0.389. The van der Waals surface area contributed by atoms with Gasteiger partial charge >= 0.3 is 0 Å². The first kappa shape index (κ1) is 13.8. The van der Waals surface area contributed by atoms with Crippen molar-refractivity contribution in [3.8, 4) is 0 Å². The normalized spacial score (nSPS) is 39.9. The van der Waals surface area contributed by atoms with Gasteiger partial charge in [0, 0.05) is 6.61 Å². The molecule has 1 saturated heterocycles. The number of aliphatic hydroxyl groups is 4. The van der Waals surface area contributed by atoms with E-state index in [2.05, 4.69) is 0 Å². The molecule has 0 radical (unpaired) electrons. The van der Waals surface area contributed by atoms with Crippen LogP contribution in [0.3, 0.4) is 0 Å². The SMILES string of the molecule is CCCCO[C@@H]1[C@@H](O)[C@H](O)O[C@H](CO)[C@@H]1O. The average molecular weight is 236 g/mol. The predicted octanol–water partition coefficient (Wildman–Crippen LogP) is -1.40. The maximum Gasteiger partial charge on any atom is 0.184 e. The molecule has 0 aliphatic carbocycles. The van der Waals surface area contributed by atoms with Crippen molar-refractivity contribution < 1.29 is 29.9 Å². The van der Waals surface area contributed by atoms with Gasteiger partial charge in [-0.3, -0.25) is 0 Å². The fourth-order valence-electron chi connectivity index (χ4n) is 1.63. The lowest BCUT2D eigenvalue weighted by atomic mass is 9.99. The van der Waals surface area contributed by atoms with E-state index in [-0.39, 0.29) is 0 Å². The molecule has 0 bridgehead atoms. The quantitative estimate of drug-likeness (QED) is 0.438. The summed E-state index contributed by atoms with van der Waals surface area (Å²) >= 11 is 0. The van der Waals surface area contributed by atoms with E-state index in [0.717, 1.165) is 12.8 Å². The van der Waals surface area contributed by atoms with Crippen LogP contribution >= 0.6 is 0 Å². The van der Waals surface area contributed by atoms with Crippen LogP contribution in [0.1, 0.15) is 19.8 Å². The summed E-state index contributed by atoms with van der Waals surface area (Å²) in [5, 5.41) is 37.6. The lowest BCUT2D eigenvalue weighted by Gasteiger charge is -2.39. The molecule has 5 atom stereocenters. The van der Waals surface area contributed by atoms with Gasteiger partial charge in [0.25, 0.3) is 0 Å². The van der Waals surface area contributed by atoms with E-state index in [0.29, 0.717) is 6.61 Å². The zero-order chi connectivity index (χ0) is 12.1. The molecule has 6 nitrogen and oxygen atoms in total. The van der Waals surface area contributed by atoms with Gasteiger partial charge in [-0.15, -0.1) is 0 Å². The number of unbranched alkanes of at least 4 members (excludes halogenated alkanes) is 1. The number of hydrogen-bond donors (Lipinski definition) is 4. The Balaban J connectivity index is 2.55. The molecule has 0 aromatic rings. The summed E-state index contributed by atoms with van der Waals surface area (Å²) in [5.41, 5.74) is 0. The summed E-state index contributed by atoms with van der Waals surface area (Å²) < 4.78 is 10.1. The van der Waals surface area contributed by atoms with Gasteiger partial charge in [0.15, 0.2) is 6.29 Å². The number of hydrogen-bond acceptors (Lipinski definition) is 6. The highest BCUT2D eigenvalue weighted by Gasteiger charge is 2.44. The van der Waals surface area contributed by atoms with Crippen molar-refractivity contribution in [1.29, 1.82) is 0 Å². The van der Waals surface area contributed by atoms with E-state index in [1.165, 1.54) is 0 Å². The zero-order valence-corrected chi connectivity index (χ0v) is 9.32. The molecule has 6 heteroatoms. The summed E-state index contributed by atoms with van der Waals surface area (Å²) in [5.74, 6) is 0. The lowest BCUT2D eigenvalue weighted by Crippen LogP contribution is -2.59. The second-order valence-corrected chi connectivity index (χ2v) is 3.92. The second kappa shape index (κ2) is 6.48. The van der Waals surface area contributed by atoms with Gasteiger partial charge in [0.2, 0.25) is 0 Å². The van der Waals surface area contributed by atoms with Crippen molar-refractivity contribution in [3.05, 3.63) is 0 Å². The molecular weight excluding hydrogens is 216 g/mol. The zero-order valence-electron chi connectivity index (χ0n) is 9.32. The topological polar surface area (TPSA) is 99.4 Å². The second-order valence-electron chi connectivity index (χ2n) is 3.92. The van der Waals surface area contributed by atoms with Crippen LogP contribution in [-0.2, 0) is 9.47 Å². The van der Waals surface area contributed by atoms with Crippen LogP contribution in [0.4, 0.5) is 0 Å². The third-order valence-electron chi connectivity index (χ3n) is 2.65. The maximum atomic E-state index is 9.74. The third-order valence-corrected chi connectivity index (χ3v) is 2.65. The Hall–Kier alpha value is -0.240. The van der Waals surface area contributed by atoms with E-state index in [9.17, 15) is 15.3 Å². The van der Waals surface area contributed by atoms with Crippen molar-refractivity contribution in [2.45, 2.75) is 50.5 Å². The number of ether oxygens (including phenoxy) is 2. The van der Waals surface area contributed by atoms with Crippen molar-refractivity contribution in [1.82, 2.24) is 0 Å². The van der Waals surface area contributed by atoms with Crippen LogP contribution in [0.2, 0.25) is 0 Å². The molecule has 16 heavy (non-hydrogen) atoms. The molecule has 1 fully saturated rings. The van der Waals surface area contributed by atoms with Crippen LogP contribution in [-0.4, -0.2) is 64.3 Å². The van der Waals surface area contributed by atoms with Gasteiger partial charge in [0.1, 0.15) is 24.4 Å². The van der Waals surface area contributed by atoms with Crippen molar-refractivity contribution in [3.63, 3.8) is 0 Å². The van der Waals surface area contributed by atoms with Crippen LogP contribution in [0, 0.1) is 0 Å². The Morgan fingerprint density at radius 2 is 1.88 bits per heavy atom. The van der Waals surface area contributed by atoms with Gasteiger partial charge in [-0.1, -0.05) is 13.3 Å². The van der Waals surface area contributed by atoms with E-state index in [1.54, 1.807) is 0 Å². The van der Waals surface area contributed by atoms with E-state index in [4.69, 9.17) is 14.6 Å². The Kier molecular flexibility index (Phi) is 5.60. The molecule has 0 amide bonds. The fraction of sp³-hybridized carbons (Fsp3) is 1.00. The van der Waals surface area contributed by atoms with E-state index >= 15 is 0 Å². The molecular formula is C10H20O6. The molecule has 4 N–H and O–H groups in total. The van der Waals surface area contributed by atoms with Crippen LogP contribution in [0.15, 0.2) is 0 Å². The van der Waals surface area contributed by atoms with Gasteiger partial charge in [-0.2, -0.15) is 0 Å². The lowest BCUT2D eigenvalue weighted by molar-refractivity contribution is -0.294. The third kappa shape index (κ3) is 3.13. The first-order valence-electron chi connectivity index (χ1n) is 5.54. The highest BCUT2D eigenvalue weighted by molar-refractivity contribution is 4.89. The van der Waals surface area contributed by atoms with E-state index in [1.807, 2.05) is 6.92 Å². The van der Waals surface area contributed by atoms with Gasteiger partial charge in [-0.25, -0.2) is 0 Å². The number of rotatable bonds is 5. The molecule has 0 aromatic heterocycles. The van der Waals surface area contributed by atoms with Crippen LogP contribution in [0.5, 0.6) is 0 Å². The van der Waals surface area contributed by atoms with Crippen molar-refractivity contribution in [2.75, 3.05) is 13.2 Å². The summed E-state index contributed by atoms with van der Waals surface area (Å²) in [6, 6.07) is 0. The molecule has 1 aliphatic heterocycles. The minimum atomic E-state index is -1.44. The van der Waals surface area contributed by atoms with Crippen LogP contribution < -0.4 is 0 Å². The molecule has 0 unspecified atom stereocenters. The first-order chi connectivity index (χ1) is 7.61. The monoisotopic (exact) mass is 236 g/mol. The van der Waals surface area contributed by atoms with Crippen LogP contribution in [0.25, 0.3) is 0 Å². The summed E-state index contributed by atoms with van der Waals surface area (Å²) in [4.78, 5) is 0. The van der Waals surface area contributed by atoms with Crippen molar-refractivity contribution >= 4 is 0 Å². The largest absolute Gasteiger partial charge is 0.394 e. The highest BCUT2D eigenvalue weighted by Crippen LogP contribution is 2.22. The summed E-state index contributed by atoms with van der Waals surface area (Å²) in [6.07, 6.45) is -3.99. The Labute approximate surface area is 94.4 Å². The standard InChI is InChI=1S/C10H20O6/c1-2-3-4-15-9-7(12)6(5-11)16-10(14)8(9)13/h6-14H,2-5H2,1H3/t6-,7+,8-,9+,10-/m1/s1. The minimum Gasteiger partial charge on any atom is -0.394 e. The average Bonchev–Trinajstić information content (AvgIpc) is 2.28. The molecule has 0 aromatic carbocycles. The van der Waals surface area contributed by atoms with Gasteiger partial charge in [0.05, 0.1) is 6.61 Å². The van der Waals surface area contributed by atoms with E-state index < -0.39 is 37.3 Å². The highest BCUT2D eigenvalue weighted by atomic mass is 16.6. The molecule has 0 saturated carbocycles. The first-order valence-corrected chi connectivity index (χ1v) is 5.54. The van der Waals surface area contributed by atoms with Crippen molar-refractivity contribution in [2.24, 2.45) is 0 Å². The predicted molar refractivity (Wildman–Crippen MR) is 54.6 cm³/mol. The molecule has 1 rings (SSSR count). The smallest absolute Gasteiger partial charge is 0.184 e. The maximum absolute atomic E-state index is 9.74. The van der Waals surface area contributed by atoms with Gasteiger partial charge < -0.3 is 29.9 Å². The van der Waals surface area contributed by atoms with Gasteiger partial charge in [-0.05, 0) is 6.42 Å². The molecule has 0 spiro atoms. The molecule has 1 heterocycles. The Morgan fingerprint density at radius 3 is 2.44 bits per heavy atom. The fourth-order valence-corrected chi connectivity index (χ4v) is 1.63. The number of aliphatic hydroxyl groups excluding tert-OH is 4. The summed E-state index contributed by atoms with van der Waals surface area (Å²) in [7, 11) is 0. The Bertz CT molecular complexity index is 200. The Morgan fingerprint density at radius 1 is 1.19 bits per heavy atom. The summed E-state index contributed by atoms with van der Waals surface area (Å²) in [6.45, 7) is 1.95.